The molecule has 1 rings (SSSR count). The number of hydrogen-bond donors (Lipinski definition) is 3. The molecule has 0 bridgehead atoms. The minimum atomic E-state index is -1.01. The van der Waals surface area contributed by atoms with Gasteiger partial charge in [-0.3, -0.25) is 0 Å². The summed E-state index contributed by atoms with van der Waals surface area (Å²) in [6, 6.07) is -0.256. The molecule has 1 amide bonds. The first-order valence-corrected chi connectivity index (χ1v) is 3.90. The molecule has 4 nitrogen and oxygen atoms in total. The summed E-state index contributed by atoms with van der Waals surface area (Å²) >= 11 is 0. The smallest absolute Gasteiger partial charge is 0.405 e. The minimum Gasteiger partial charge on any atom is -0.465 e. The SMILES string of the molecule is C=C(C)C(N)C1(NC(=O)O)CC1. The number of amides is 1. The molecule has 1 fully saturated rings. The maximum atomic E-state index is 10.4. The molecule has 1 atom stereocenters. The molecule has 4 heteroatoms. The maximum Gasteiger partial charge on any atom is 0.405 e. The predicted molar refractivity (Wildman–Crippen MR) is 45.9 cm³/mol. The van der Waals surface area contributed by atoms with E-state index in [-0.39, 0.29) is 6.04 Å². The molecule has 0 spiro atoms. The van der Waals surface area contributed by atoms with Gasteiger partial charge in [0.05, 0.1) is 5.54 Å². The van der Waals surface area contributed by atoms with Crippen LogP contribution >= 0.6 is 0 Å². The monoisotopic (exact) mass is 170 g/mol. The van der Waals surface area contributed by atoms with Gasteiger partial charge in [0.2, 0.25) is 0 Å². The summed E-state index contributed by atoms with van der Waals surface area (Å²) in [6.45, 7) is 5.52. The van der Waals surface area contributed by atoms with Gasteiger partial charge in [0.1, 0.15) is 0 Å². The van der Waals surface area contributed by atoms with Gasteiger partial charge >= 0.3 is 6.09 Å². The highest BCUT2D eigenvalue weighted by atomic mass is 16.4. The van der Waals surface area contributed by atoms with Gasteiger partial charge in [-0.15, -0.1) is 0 Å². The zero-order chi connectivity index (χ0) is 9.35. The summed E-state index contributed by atoms with van der Waals surface area (Å²) in [5, 5.41) is 11.0. The fraction of sp³-hybridized carbons (Fsp3) is 0.625. The molecule has 0 radical (unpaired) electrons. The molecular weight excluding hydrogens is 156 g/mol. The summed E-state index contributed by atoms with van der Waals surface area (Å²) in [4.78, 5) is 10.4. The van der Waals surface area contributed by atoms with Crippen LogP contribution in [0.2, 0.25) is 0 Å². The van der Waals surface area contributed by atoms with Gasteiger partial charge in [-0.1, -0.05) is 12.2 Å². The Morgan fingerprint density at radius 1 is 1.75 bits per heavy atom. The van der Waals surface area contributed by atoms with E-state index in [1.807, 2.05) is 6.92 Å². The van der Waals surface area contributed by atoms with Crippen molar-refractivity contribution in [2.75, 3.05) is 0 Å². The quantitative estimate of drug-likeness (QED) is 0.545. The van der Waals surface area contributed by atoms with Crippen molar-refractivity contribution in [3.05, 3.63) is 12.2 Å². The van der Waals surface area contributed by atoms with Crippen LogP contribution in [0.4, 0.5) is 4.79 Å². The molecule has 12 heavy (non-hydrogen) atoms. The zero-order valence-electron chi connectivity index (χ0n) is 7.13. The normalized spacial score (nSPS) is 21.2. The molecule has 1 aliphatic carbocycles. The van der Waals surface area contributed by atoms with Crippen molar-refractivity contribution in [3.63, 3.8) is 0 Å². The zero-order valence-corrected chi connectivity index (χ0v) is 7.13. The number of hydrogen-bond acceptors (Lipinski definition) is 2. The Kier molecular flexibility index (Phi) is 2.10. The van der Waals surface area contributed by atoms with E-state index in [2.05, 4.69) is 11.9 Å². The lowest BCUT2D eigenvalue weighted by molar-refractivity contribution is 0.186. The average Bonchev–Trinajstić information content (AvgIpc) is 2.66. The van der Waals surface area contributed by atoms with Gasteiger partial charge in [-0.05, 0) is 19.8 Å². The Morgan fingerprint density at radius 2 is 2.25 bits per heavy atom. The van der Waals surface area contributed by atoms with Gasteiger partial charge in [0.25, 0.3) is 0 Å². The Bertz CT molecular complexity index is 221. The van der Waals surface area contributed by atoms with E-state index in [0.717, 1.165) is 18.4 Å². The number of rotatable bonds is 3. The van der Waals surface area contributed by atoms with E-state index >= 15 is 0 Å². The number of nitrogens with one attached hydrogen (secondary N) is 1. The minimum absolute atomic E-state index is 0.256. The predicted octanol–water partition coefficient (Wildman–Crippen LogP) is 0.690. The van der Waals surface area contributed by atoms with Crippen LogP contribution in [-0.2, 0) is 0 Å². The largest absolute Gasteiger partial charge is 0.465 e. The van der Waals surface area contributed by atoms with Gasteiger partial charge in [-0.25, -0.2) is 4.79 Å². The molecular formula is C8H14N2O2. The average molecular weight is 170 g/mol. The molecule has 1 unspecified atom stereocenters. The summed E-state index contributed by atoms with van der Waals surface area (Å²) in [5.41, 5.74) is 6.18. The first-order valence-electron chi connectivity index (χ1n) is 3.90. The van der Waals surface area contributed by atoms with Gasteiger partial charge in [-0.2, -0.15) is 0 Å². The van der Waals surface area contributed by atoms with Crippen molar-refractivity contribution >= 4 is 6.09 Å². The van der Waals surface area contributed by atoms with Crippen LogP contribution < -0.4 is 11.1 Å². The molecule has 0 saturated heterocycles. The second-order valence-corrected chi connectivity index (χ2v) is 3.41. The summed E-state index contributed by atoms with van der Waals surface area (Å²) in [7, 11) is 0. The van der Waals surface area contributed by atoms with Crippen LogP contribution in [0.1, 0.15) is 19.8 Å². The first-order chi connectivity index (χ1) is 5.48. The van der Waals surface area contributed by atoms with Crippen molar-refractivity contribution in [3.8, 4) is 0 Å². The van der Waals surface area contributed by atoms with E-state index in [0.29, 0.717) is 0 Å². The highest BCUT2D eigenvalue weighted by molar-refractivity contribution is 5.66. The van der Waals surface area contributed by atoms with Crippen LogP contribution in [0.3, 0.4) is 0 Å². The standard InChI is InChI=1S/C8H14N2O2/c1-5(2)6(9)8(3-4-8)10-7(11)12/h6,10H,1,3-4,9H2,2H3,(H,11,12). The molecule has 0 aromatic heterocycles. The highest BCUT2D eigenvalue weighted by Crippen LogP contribution is 2.39. The molecule has 0 aromatic carbocycles. The fourth-order valence-corrected chi connectivity index (χ4v) is 1.33. The molecule has 4 N–H and O–H groups in total. The van der Waals surface area contributed by atoms with Gasteiger partial charge in [0.15, 0.2) is 0 Å². The Morgan fingerprint density at radius 3 is 2.50 bits per heavy atom. The van der Waals surface area contributed by atoms with Gasteiger partial charge in [0, 0.05) is 6.04 Å². The van der Waals surface area contributed by atoms with E-state index in [1.165, 1.54) is 0 Å². The van der Waals surface area contributed by atoms with Crippen molar-refractivity contribution in [1.82, 2.24) is 5.32 Å². The van der Waals surface area contributed by atoms with Crippen molar-refractivity contribution in [2.45, 2.75) is 31.3 Å². The molecule has 1 saturated carbocycles. The summed E-state index contributed by atoms with van der Waals surface area (Å²) < 4.78 is 0. The maximum absolute atomic E-state index is 10.4. The molecule has 0 aromatic rings. The van der Waals surface area contributed by atoms with Crippen molar-refractivity contribution in [2.24, 2.45) is 5.73 Å². The number of nitrogens with two attached hydrogens (primary N) is 1. The van der Waals surface area contributed by atoms with E-state index in [9.17, 15) is 4.79 Å². The molecule has 0 heterocycles. The Balaban J connectivity index is 2.60. The second-order valence-electron chi connectivity index (χ2n) is 3.41. The van der Waals surface area contributed by atoms with Crippen LogP contribution in [-0.4, -0.2) is 22.8 Å². The second kappa shape index (κ2) is 2.79. The lowest BCUT2D eigenvalue weighted by atomic mass is 10.0. The Hall–Kier alpha value is -1.03. The summed E-state index contributed by atoms with van der Waals surface area (Å²) in [6.07, 6.45) is 0.616. The van der Waals surface area contributed by atoms with E-state index in [1.54, 1.807) is 0 Å². The highest BCUT2D eigenvalue weighted by Gasteiger charge is 2.49. The number of carbonyl (C=O) groups is 1. The lowest BCUT2D eigenvalue weighted by Gasteiger charge is -2.23. The molecule has 0 aliphatic heterocycles. The Labute approximate surface area is 71.4 Å². The van der Waals surface area contributed by atoms with Crippen LogP contribution in [0.15, 0.2) is 12.2 Å². The molecule has 1 aliphatic rings. The fourth-order valence-electron chi connectivity index (χ4n) is 1.33. The van der Waals surface area contributed by atoms with E-state index in [4.69, 9.17) is 10.8 Å². The topological polar surface area (TPSA) is 75.3 Å². The van der Waals surface area contributed by atoms with Crippen LogP contribution in [0, 0.1) is 0 Å². The van der Waals surface area contributed by atoms with Crippen LogP contribution in [0.5, 0.6) is 0 Å². The molecule has 68 valence electrons. The van der Waals surface area contributed by atoms with Gasteiger partial charge < -0.3 is 16.2 Å². The van der Waals surface area contributed by atoms with Crippen molar-refractivity contribution < 1.29 is 9.90 Å². The third kappa shape index (κ3) is 1.58. The first kappa shape index (κ1) is 9.06. The van der Waals surface area contributed by atoms with Crippen molar-refractivity contribution in [1.29, 1.82) is 0 Å². The lowest BCUT2D eigenvalue weighted by Crippen LogP contribution is -2.50. The third-order valence-electron chi connectivity index (χ3n) is 2.27. The third-order valence-corrected chi connectivity index (χ3v) is 2.27. The van der Waals surface area contributed by atoms with Crippen LogP contribution in [0.25, 0.3) is 0 Å². The summed E-state index contributed by atoms with van der Waals surface area (Å²) in [5.74, 6) is 0. The number of carboxylic acid groups (broad SMARTS) is 1. The van der Waals surface area contributed by atoms with E-state index < -0.39 is 11.6 Å².